The van der Waals surface area contributed by atoms with Crippen LogP contribution in [0.15, 0.2) is 65.7 Å². The highest BCUT2D eigenvalue weighted by atomic mass is 35.5. The van der Waals surface area contributed by atoms with Crippen molar-refractivity contribution in [3.05, 3.63) is 82.0 Å². The molecule has 4 aromatic rings. The number of pyridine rings is 1. The highest BCUT2D eigenvalue weighted by Crippen LogP contribution is 2.33. The number of halogens is 1. The number of benzene rings is 2. The van der Waals surface area contributed by atoms with Gasteiger partial charge in [-0.1, -0.05) is 41.9 Å². The lowest BCUT2D eigenvalue weighted by molar-refractivity contribution is 0.773. The Hall–Kier alpha value is -3.58. The molecular weight excluding hydrogens is 400 g/mol. The SMILES string of the molecule is C[C@H](Nc1ncnc2c1NCN2)c1cc2cccc(Cl)c2c(=O)n1-c1ccccc1. The number of hydrogen-bond donors (Lipinski definition) is 3. The minimum atomic E-state index is -0.220. The van der Waals surface area contributed by atoms with Gasteiger partial charge in [0.1, 0.15) is 12.0 Å². The van der Waals surface area contributed by atoms with E-state index >= 15 is 0 Å². The van der Waals surface area contributed by atoms with Gasteiger partial charge in [-0.3, -0.25) is 9.36 Å². The van der Waals surface area contributed by atoms with Gasteiger partial charge in [-0.2, -0.15) is 0 Å². The van der Waals surface area contributed by atoms with E-state index in [4.69, 9.17) is 11.6 Å². The maximum absolute atomic E-state index is 13.5. The molecule has 150 valence electrons. The lowest BCUT2D eigenvalue weighted by Gasteiger charge is -2.22. The van der Waals surface area contributed by atoms with Crippen molar-refractivity contribution in [2.75, 3.05) is 22.6 Å². The molecule has 0 bridgehead atoms. The zero-order chi connectivity index (χ0) is 20.7. The Balaban J connectivity index is 1.68. The van der Waals surface area contributed by atoms with Gasteiger partial charge in [0, 0.05) is 11.4 Å². The van der Waals surface area contributed by atoms with Crippen LogP contribution in [0.3, 0.4) is 0 Å². The number of nitrogens with zero attached hydrogens (tertiary/aromatic N) is 3. The van der Waals surface area contributed by atoms with E-state index < -0.39 is 0 Å². The highest BCUT2D eigenvalue weighted by molar-refractivity contribution is 6.35. The summed E-state index contributed by atoms with van der Waals surface area (Å²) < 4.78 is 1.71. The molecule has 2 aromatic carbocycles. The number of hydrogen-bond acceptors (Lipinski definition) is 6. The van der Waals surface area contributed by atoms with Crippen molar-refractivity contribution < 1.29 is 0 Å². The molecule has 0 amide bonds. The van der Waals surface area contributed by atoms with E-state index in [1.807, 2.05) is 55.5 Å². The molecule has 1 atom stereocenters. The van der Waals surface area contributed by atoms with Crippen molar-refractivity contribution in [1.29, 1.82) is 0 Å². The normalized spacial score (nSPS) is 13.4. The maximum Gasteiger partial charge on any atom is 0.264 e. The predicted molar refractivity (Wildman–Crippen MR) is 121 cm³/mol. The number of fused-ring (bicyclic) bond motifs is 2. The van der Waals surface area contributed by atoms with Crippen molar-refractivity contribution >= 4 is 39.7 Å². The highest BCUT2D eigenvalue weighted by Gasteiger charge is 2.21. The average Bonchev–Trinajstić information content (AvgIpc) is 3.24. The lowest BCUT2D eigenvalue weighted by atomic mass is 10.1. The number of anilines is 3. The summed E-state index contributed by atoms with van der Waals surface area (Å²) in [5.41, 5.74) is 2.25. The monoisotopic (exact) mass is 418 g/mol. The van der Waals surface area contributed by atoms with Gasteiger partial charge in [-0.15, -0.1) is 0 Å². The van der Waals surface area contributed by atoms with Gasteiger partial charge in [-0.25, -0.2) is 9.97 Å². The fourth-order valence-corrected chi connectivity index (χ4v) is 4.06. The van der Waals surface area contributed by atoms with E-state index in [0.29, 0.717) is 22.9 Å². The Morgan fingerprint density at radius 2 is 1.93 bits per heavy atom. The van der Waals surface area contributed by atoms with Crippen molar-refractivity contribution in [2.45, 2.75) is 13.0 Å². The van der Waals surface area contributed by atoms with Gasteiger partial charge in [0.2, 0.25) is 0 Å². The van der Waals surface area contributed by atoms with Crippen molar-refractivity contribution in [3.63, 3.8) is 0 Å². The topological polar surface area (TPSA) is 83.9 Å². The van der Waals surface area contributed by atoms with Crippen LogP contribution >= 0.6 is 11.6 Å². The molecule has 0 aliphatic carbocycles. The van der Waals surface area contributed by atoms with Crippen LogP contribution in [0.2, 0.25) is 5.02 Å². The van der Waals surface area contributed by atoms with Gasteiger partial charge < -0.3 is 16.0 Å². The van der Waals surface area contributed by atoms with Gasteiger partial charge in [-0.05, 0) is 36.6 Å². The van der Waals surface area contributed by atoms with Gasteiger partial charge in [0.15, 0.2) is 11.6 Å². The third-order valence-electron chi connectivity index (χ3n) is 5.20. The first-order valence-corrected chi connectivity index (χ1v) is 10.00. The molecule has 7 nitrogen and oxygen atoms in total. The summed E-state index contributed by atoms with van der Waals surface area (Å²) in [7, 11) is 0. The van der Waals surface area contributed by atoms with E-state index in [0.717, 1.165) is 28.3 Å². The zero-order valence-corrected chi connectivity index (χ0v) is 16.9. The third kappa shape index (κ3) is 3.04. The molecular formula is C22H19ClN6O. The summed E-state index contributed by atoms with van der Waals surface area (Å²) in [4.78, 5) is 22.1. The van der Waals surface area contributed by atoms with E-state index in [-0.39, 0.29) is 11.6 Å². The molecule has 0 radical (unpaired) electrons. The third-order valence-corrected chi connectivity index (χ3v) is 5.52. The van der Waals surface area contributed by atoms with Crippen LogP contribution in [0.4, 0.5) is 17.3 Å². The summed E-state index contributed by atoms with van der Waals surface area (Å²) in [6.45, 7) is 2.60. The summed E-state index contributed by atoms with van der Waals surface area (Å²) in [6.07, 6.45) is 1.51. The van der Waals surface area contributed by atoms with E-state index in [1.165, 1.54) is 6.33 Å². The average molecular weight is 419 g/mol. The number of rotatable bonds is 4. The Bertz CT molecular complexity index is 1300. The molecule has 0 saturated heterocycles. The van der Waals surface area contributed by atoms with Crippen LogP contribution in [-0.2, 0) is 0 Å². The van der Waals surface area contributed by atoms with Crippen molar-refractivity contribution in [2.24, 2.45) is 0 Å². The molecule has 30 heavy (non-hydrogen) atoms. The first-order chi connectivity index (χ1) is 14.6. The minimum absolute atomic E-state index is 0.152. The van der Waals surface area contributed by atoms with Crippen LogP contribution in [-0.4, -0.2) is 21.2 Å². The van der Waals surface area contributed by atoms with Crippen LogP contribution in [0.5, 0.6) is 0 Å². The standard InChI is InChI=1S/C22H19ClN6O/c1-13(28-21-19-20(25-11-24-19)26-12-27-21)17-10-14-6-5-9-16(23)18(14)22(30)29(17)15-7-3-2-4-8-15/h2-10,12-13,24H,11H2,1H3,(H2,25,26,27,28)/t13-/m0/s1. The number of para-hydroxylation sites is 1. The molecule has 0 unspecified atom stereocenters. The fourth-order valence-electron chi connectivity index (χ4n) is 3.79. The maximum atomic E-state index is 13.5. The molecule has 8 heteroatoms. The molecule has 1 aliphatic heterocycles. The molecule has 0 spiro atoms. The van der Waals surface area contributed by atoms with Crippen LogP contribution < -0.4 is 21.5 Å². The number of aromatic nitrogens is 3. The Morgan fingerprint density at radius 3 is 2.77 bits per heavy atom. The molecule has 3 heterocycles. The molecule has 0 saturated carbocycles. The lowest BCUT2D eigenvalue weighted by Crippen LogP contribution is -2.26. The number of nitrogens with one attached hydrogen (secondary N) is 3. The molecule has 1 aliphatic rings. The van der Waals surface area contributed by atoms with Gasteiger partial charge in [0.25, 0.3) is 5.56 Å². The van der Waals surface area contributed by atoms with Crippen LogP contribution in [0.1, 0.15) is 18.7 Å². The molecule has 2 aromatic heterocycles. The van der Waals surface area contributed by atoms with Crippen molar-refractivity contribution in [1.82, 2.24) is 14.5 Å². The van der Waals surface area contributed by atoms with Gasteiger partial charge in [0.05, 0.1) is 23.1 Å². The quantitative estimate of drug-likeness (QED) is 0.455. The second-order valence-electron chi connectivity index (χ2n) is 7.09. The van der Waals surface area contributed by atoms with Crippen LogP contribution in [0.25, 0.3) is 16.5 Å². The molecule has 5 rings (SSSR count). The summed E-state index contributed by atoms with van der Waals surface area (Å²) in [6, 6.07) is 16.8. The van der Waals surface area contributed by atoms with E-state index in [9.17, 15) is 4.79 Å². The fraction of sp³-hybridized carbons (Fsp3) is 0.136. The van der Waals surface area contributed by atoms with Crippen molar-refractivity contribution in [3.8, 4) is 5.69 Å². The largest absolute Gasteiger partial charge is 0.362 e. The van der Waals surface area contributed by atoms with E-state index in [1.54, 1.807) is 10.6 Å². The summed E-state index contributed by atoms with van der Waals surface area (Å²) >= 11 is 6.39. The molecule has 3 N–H and O–H groups in total. The van der Waals surface area contributed by atoms with Gasteiger partial charge >= 0.3 is 0 Å². The summed E-state index contributed by atoms with van der Waals surface area (Å²) in [5.74, 6) is 1.43. The Morgan fingerprint density at radius 1 is 1.10 bits per heavy atom. The minimum Gasteiger partial charge on any atom is -0.362 e. The predicted octanol–water partition coefficient (Wildman–Crippen LogP) is 4.40. The summed E-state index contributed by atoms with van der Waals surface area (Å²) in [5, 5.41) is 11.6. The molecule has 0 fully saturated rings. The van der Waals surface area contributed by atoms with E-state index in [2.05, 4.69) is 25.9 Å². The Kier molecular flexibility index (Phi) is 4.52. The first kappa shape index (κ1) is 18.4. The second kappa shape index (κ2) is 7.35. The second-order valence-corrected chi connectivity index (χ2v) is 7.50. The zero-order valence-electron chi connectivity index (χ0n) is 16.2. The smallest absolute Gasteiger partial charge is 0.264 e. The first-order valence-electron chi connectivity index (χ1n) is 9.62. The van der Waals surface area contributed by atoms with Crippen LogP contribution in [0, 0.1) is 0 Å². The Labute approximate surface area is 177 Å².